The average molecular weight is 649 g/mol. The van der Waals surface area contributed by atoms with E-state index in [4.69, 9.17) is 23.7 Å². The first-order valence-electron chi connectivity index (χ1n) is 16.9. The molecule has 6 nitrogen and oxygen atoms in total. The van der Waals surface area contributed by atoms with Crippen molar-refractivity contribution in [3.63, 3.8) is 0 Å². The number of carbonyl (C=O) groups is 1. The number of rotatable bonds is 17. The van der Waals surface area contributed by atoms with Crippen LogP contribution in [0.5, 0.6) is 0 Å². The van der Waals surface area contributed by atoms with Crippen molar-refractivity contribution in [2.75, 3.05) is 20.3 Å². The van der Waals surface area contributed by atoms with E-state index in [1.807, 2.05) is 60.7 Å². The number of carbonyl (C=O) groups excluding carboxylic acids is 1. The summed E-state index contributed by atoms with van der Waals surface area (Å²) < 4.78 is 30.2. The Bertz CT molecular complexity index is 1550. The van der Waals surface area contributed by atoms with Crippen LogP contribution in [0.4, 0.5) is 0 Å². The first kappa shape index (κ1) is 35.2. The Morgan fingerprint density at radius 2 is 1.50 bits per heavy atom. The average Bonchev–Trinajstić information content (AvgIpc) is 3.13. The summed E-state index contributed by atoms with van der Waals surface area (Å²) >= 11 is 0. The Kier molecular flexibility index (Phi) is 13.6. The van der Waals surface area contributed by atoms with Gasteiger partial charge >= 0.3 is 5.97 Å². The van der Waals surface area contributed by atoms with Crippen LogP contribution in [0.3, 0.4) is 0 Å². The molecule has 5 rings (SSSR count). The summed E-state index contributed by atoms with van der Waals surface area (Å²) in [7, 11) is 1.39. The highest BCUT2D eigenvalue weighted by molar-refractivity contribution is 5.75. The van der Waals surface area contributed by atoms with Crippen LogP contribution in [0.2, 0.25) is 0 Å². The van der Waals surface area contributed by atoms with E-state index >= 15 is 0 Å². The maximum Gasteiger partial charge on any atom is 0.337 e. The highest BCUT2D eigenvalue weighted by Gasteiger charge is 2.45. The topological polar surface area (TPSA) is 63.2 Å². The van der Waals surface area contributed by atoms with Gasteiger partial charge in [-0.3, -0.25) is 0 Å². The van der Waals surface area contributed by atoms with Crippen LogP contribution in [-0.2, 0) is 54.5 Å². The van der Waals surface area contributed by atoms with Gasteiger partial charge in [0.15, 0.2) is 6.10 Å². The van der Waals surface area contributed by atoms with Crippen molar-refractivity contribution in [1.29, 1.82) is 0 Å². The van der Waals surface area contributed by atoms with Crippen LogP contribution in [-0.4, -0.2) is 44.6 Å². The SMILES string of the molecule is C=CCOCCCCc1ccc(Cc2cc(C3CC(OCc4ccccc4)[C@H](OCc4ccccc4)C(C(=O)OC)O3)ccc2C)cc1. The van der Waals surface area contributed by atoms with Gasteiger partial charge in [-0.15, -0.1) is 6.58 Å². The summed E-state index contributed by atoms with van der Waals surface area (Å²) in [4.78, 5) is 13.2. The number of unbranched alkanes of at least 4 members (excludes halogenated alkanes) is 1. The Balaban J connectivity index is 1.31. The smallest absolute Gasteiger partial charge is 0.337 e. The molecule has 48 heavy (non-hydrogen) atoms. The molecular formula is C42H48O6. The van der Waals surface area contributed by atoms with Crippen molar-refractivity contribution in [1.82, 2.24) is 0 Å². The number of benzene rings is 4. The molecular weight excluding hydrogens is 600 g/mol. The van der Waals surface area contributed by atoms with Crippen molar-refractivity contribution in [3.8, 4) is 0 Å². The minimum atomic E-state index is -0.941. The summed E-state index contributed by atoms with van der Waals surface area (Å²) in [5.74, 6) is -0.470. The molecule has 4 atom stereocenters. The molecule has 0 N–H and O–H groups in total. The fraction of sp³-hybridized carbons (Fsp3) is 0.357. The molecule has 0 amide bonds. The second kappa shape index (κ2) is 18.5. The van der Waals surface area contributed by atoms with E-state index in [0.717, 1.165) is 49.0 Å². The summed E-state index contributed by atoms with van der Waals surface area (Å²) in [6, 6.07) is 35.3. The van der Waals surface area contributed by atoms with Crippen LogP contribution >= 0.6 is 0 Å². The summed E-state index contributed by atoms with van der Waals surface area (Å²) in [5.41, 5.74) is 8.10. The Morgan fingerprint density at radius 3 is 2.17 bits per heavy atom. The van der Waals surface area contributed by atoms with E-state index < -0.39 is 24.3 Å². The van der Waals surface area contributed by atoms with E-state index in [1.54, 1.807) is 6.08 Å². The van der Waals surface area contributed by atoms with E-state index in [-0.39, 0.29) is 6.10 Å². The van der Waals surface area contributed by atoms with Crippen LogP contribution in [0, 0.1) is 6.92 Å². The molecule has 1 aliphatic rings. The van der Waals surface area contributed by atoms with Crippen LogP contribution in [0.15, 0.2) is 116 Å². The van der Waals surface area contributed by atoms with E-state index in [0.29, 0.717) is 26.2 Å². The van der Waals surface area contributed by atoms with Gasteiger partial charge in [-0.25, -0.2) is 4.79 Å². The lowest BCUT2D eigenvalue weighted by Gasteiger charge is -2.40. The van der Waals surface area contributed by atoms with Crippen molar-refractivity contribution in [2.24, 2.45) is 0 Å². The van der Waals surface area contributed by atoms with Gasteiger partial charge in [-0.1, -0.05) is 109 Å². The Morgan fingerprint density at radius 1 is 0.833 bits per heavy atom. The molecule has 0 spiro atoms. The molecule has 4 aromatic carbocycles. The van der Waals surface area contributed by atoms with E-state index in [2.05, 4.69) is 56.0 Å². The minimum Gasteiger partial charge on any atom is -0.467 e. The summed E-state index contributed by atoms with van der Waals surface area (Å²) in [6.07, 6.45) is 3.95. The Labute approximate surface area is 285 Å². The first-order valence-corrected chi connectivity index (χ1v) is 16.9. The molecule has 0 saturated carbocycles. The van der Waals surface area contributed by atoms with Gasteiger partial charge in [0.1, 0.15) is 6.10 Å². The molecule has 3 unspecified atom stereocenters. The van der Waals surface area contributed by atoms with E-state index in [1.165, 1.54) is 29.4 Å². The standard InChI is InChI=1S/C42H48O6/c1-4-24-45-25-12-11-13-32-19-21-33(22-20-32)26-37-27-36(23-18-31(37)2)38-28-39(46-29-34-14-7-5-8-15-34)40(41(48-38)42(43)44-3)47-30-35-16-9-6-10-17-35/h4-10,14-23,27,38-41H,1,11-13,24-26,28-30H2,2-3H3/t38?,39?,40-,41?/m0/s1. The normalized spacial score (nSPS) is 19.1. The molecule has 6 heteroatoms. The Hall–Kier alpha value is -4.07. The van der Waals surface area contributed by atoms with Gasteiger partial charge in [0.25, 0.3) is 0 Å². The second-order valence-electron chi connectivity index (χ2n) is 12.4. The molecule has 252 valence electrons. The molecule has 0 radical (unpaired) electrons. The largest absolute Gasteiger partial charge is 0.467 e. The predicted molar refractivity (Wildman–Crippen MR) is 189 cm³/mol. The lowest BCUT2D eigenvalue weighted by molar-refractivity contribution is -0.220. The third-order valence-electron chi connectivity index (χ3n) is 8.85. The maximum atomic E-state index is 13.2. The summed E-state index contributed by atoms with van der Waals surface area (Å²) in [6.45, 7) is 7.94. The first-order chi connectivity index (χ1) is 23.5. The van der Waals surface area contributed by atoms with Crippen LogP contribution < -0.4 is 0 Å². The molecule has 0 aromatic heterocycles. The van der Waals surface area contributed by atoms with Crippen LogP contribution in [0.25, 0.3) is 0 Å². The third kappa shape index (κ3) is 10.2. The fourth-order valence-electron chi connectivity index (χ4n) is 6.10. The zero-order chi connectivity index (χ0) is 33.6. The molecule has 4 aromatic rings. The van der Waals surface area contributed by atoms with Gasteiger partial charge in [-0.05, 0) is 71.6 Å². The minimum absolute atomic E-state index is 0.329. The van der Waals surface area contributed by atoms with Gasteiger partial charge in [0.05, 0.1) is 39.1 Å². The van der Waals surface area contributed by atoms with E-state index in [9.17, 15) is 4.79 Å². The fourth-order valence-corrected chi connectivity index (χ4v) is 6.10. The number of ether oxygens (including phenoxy) is 5. The third-order valence-corrected chi connectivity index (χ3v) is 8.85. The molecule has 0 aliphatic carbocycles. The van der Waals surface area contributed by atoms with Crippen molar-refractivity contribution < 1.29 is 28.5 Å². The number of methoxy groups -OCH3 is 1. The van der Waals surface area contributed by atoms with Crippen molar-refractivity contribution >= 4 is 5.97 Å². The van der Waals surface area contributed by atoms with Crippen LogP contribution in [0.1, 0.15) is 64.3 Å². The molecule has 1 fully saturated rings. The molecule has 0 bridgehead atoms. The second-order valence-corrected chi connectivity index (χ2v) is 12.4. The molecule has 1 heterocycles. The monoisotopic (exact) mass is 648 g/mol. The van der Waals surface area contributed by atoms with Gasteiger partial charge in [0.2, 0.25) is 0 Å². The number of aryl methyl sites for hydroxylation is 2. The quantitative estimate of drug-likeness (QED) is 0.0653. The zero-order valence-corrected chi connectivity index (χ0v) is 28.2. The number of hydrogen-bond acceptors (Lipinski definition) is 6. The number of hydrogen-bond donors (Lipinski definition) is 0. The maximum absolute atomic E-state index is 13.2. The predicted octanol–water partition coefficient (Wildman–Crippen LogP) is 8.28. The van der Waals surface area contributed by atoms with Crippen molar-refractivity contribution in [2.45, 2.75) is 76.7 Å². The van der Waals surface area contributed by atoms with Gasteiger partial charge < -0.3 is 23.7 Å². The summed E-state index contributed by atoms with van der Waals surface area (Å²) in [5, 5.41) is 0. The lowest BCUT2D eigenvalue weighted by atomic mass is 9.90. The lowest BCUT2D eigenvalue weighted by Crippen LogP contribution is -2.52. The molecule has 1 saturated heterocycles. The highest BCUT2D eigenvalue weighted by Crippen LogP contribution is 2.37. The zero-order valence-electron chi connectivity index (χ0n) is 28.2. The molecule has 1 aliphatic heterocycles. The van der Waals surface area contributed by atoms with Gasteiger partial charge in [-0.2, -0.15) is 0 Å². The van der Waals surface area contributed by atoms with Gasteiger partial charge in [0, 0.05) is 13.0 Å². The number of esters is 1. The highest BCUT2D eigenvalue weighted by atomic mass is 16.6. The van der Waals surface area contributed by atoms with Crippen molar-refractivity contribution in [3.05, 3.63) is 155 Å².